The number of carbonyl (C=O) groups is 5. The largest absolute Gasteiger partial charge is 0.444 e. The van der Waals surface area contributed by atoms with E-state index in [0.717, 1.165) is 46.9 Å². The van der Waals surface area contributed by atoms with Gasteiger partial charge in [0.1, 0.15) is 6.61 Å². The Kier molecular flexibility index (Phi) is 7.78. The Hall–Kier alpha value is -5.93. The van der Waals surface area contributed by atoms with E-state index in [1.54, 1.807) is 42.5 Å². The molecule has 0 bridgehead atoms. The molecule has 264 valence electrons. The summed E-state index contributed by atoms with van der Waals surface area (Å²) >= 11 is 2.23. The van der Waals surface area contributed by atoms with Gasteiger partial charge in [0.2, 0.25) is 23.1 Å². The molecule has 2 aliphatic rings. The number of nitrogens with zero attached hydrogens (tertiary/aromatic N) is 1. The lowest BCUT2D eigenvalue weighted by Crippen LogP contribution is -2.12. The van der Waals surface area contributed by atoms with E-state index in [9.17, 15) is 50.3 Å². The van der Waals surface area contributed by atoms with Gasteiger partial charge in [0, 0.05) is 32.0 Å². The molecule has 6 aromatic rings. The van der Waals surface area contributed by atoms with Gasteiger partial charge in [0.25, 0.3) is 0 Å². The Balaban J connectivity index is 1.24. The number of Topliss-reactive ketones (excluding diaryl/α,β-unsaturated/α-hetero) is 4. The minimum absolute atomic E-state index is 0.0322. The van der Waals surface area contributed by atoms with E-state index >= 15 is 0 Å². The molecule has 0 saturated heterocycles. The van der Waals surface area contributed by atoms with Gasteiger partial charge in [-0.2, -0.15) is 26.3 Å². The molecule has 3 aromatic carbocycles. The van der Waals surface area contributed by atoms with Gasteiger partial charge in [-0.1, -0.05) is 42.5 Å². The number of benzene rings is 3. The van der Waals surface area contributed by atoms with Gasteiger partial charge in [-0.3, -0.25) is 19.2 Å². The highest BCUT2D eigenvalue weighted by atomic mass is 32.1. The number of ether oxygens (including phenoxy) is 1. The van der Waals surface area contributed by atoms with Gasteiger partial charge < -0.3 is 4.74 Å². The zero-order valence-corrected chi connectivity index (χ0v) is 28.0. The third-order valence-electron chi connectivity index (χ3n) is 8.78. The summed E-state index contributed by atoms with van der Waals surface area (Å²) in [5, 5.41) is 0. The molecule has 3 heterocycles. The van der Waals surface area contributed by atoms with Crippen LogP contribution in [-0.4, -0.2) is 33.8 Å². The average molecular weight is 762 g/mol. The van der Waals surface area contributed by atoms with Crippen molar-refractivity contribution >= 4 is 95.6 Å². The van der Waals surface area contributed by atoms with Gasteiger partial charge >= 0.3 is 18.4 Å². The lowest BCUT2D eigenvalue weighted by molar-refractivity contribution is -0.138. The zero-order valence-electron chi connectivity index (χ0n) is 26.3. The van der Waals surface area contributed by atoms with E-state index < -0.39 is 52.7 Å². The summed E-state index contributed by atoms with van der Waals surface area (Å²) < 4.78 is 88.0. The van der Waals surface area contributed by atoms with Gasteiger partial charge in [0.05, 0.1) is 31.6 Å². The maximum atomic E-state index is 13.7. The number of carbonyl (C=O) groups excluding carboxylic acids is 5. The van der Waals surface area contributed by atoms with Gasteiger partial charge in [-0.15, -0.1) is 22.7 Å². The summed E-state index contributed by atoms with van der Waals surface area (Å²) in [6.45, 7) is -0.0937. The van der Waals surface area contributed by atoms with Crippen LogP contribution in [-0.2, 0) is 33.3 Å². The Morgan fingerprint density at radius 1 is 0.604 bits per heavy atom. The molecule has 0 N–H and O–H groups in total. The summed E-state index contributed by atoms with van der Waals surface area (Å²) in [6, 6.07) is 16.9. The SMILES string of the molecule is O=C1C(=O)c2cc(C(F)(F)F)ccc2/C1=C/c1cc2c(s1)c1sc(/C=C3\C(=O)C(=O)c4cc(C(F)(F)F)ccc43)cc1n2C(=O)OCc1ccccc1. The Morgan fingerprint density at radius 3 is 1.49 bits per heavy atom. The molecule has 7 nitrogen and oxygen atoms in total. The Labute approximate surface area is 301 Å². The normalized spacial score (nSPS) is 16.1. The summed E-state index contributed by atoms with van der Waals surface area (Å²) in [4.78, 5) is 65.8. The molecular weight excluding hydrogens is 745 g/mol. The summed E-state index contributed by atoms with van der Waals surface area (Å²) in [7, 11) is 0. The lowest BCUT2D eigenvalue weighted by atomic mass is 10.0. The second-order valence-electron chi connectivity index (χ2n) is 12.1. The van der Waals surface area contributed by atoms with Crippen LogP contribution in [0.25, 0.3) is 43.7 Å². The summed E-state index contributed by atoms with van der Waals surface area (Å²) in [5.41, 5.74) is -1.68. The summed E-state index contributed by atoms with van der Waals surface area (Å²) in [5.74, 6) is -4.14. The van der Waals surface area contributed by atoms with E-state index in [4.69, 9.17) is 4.74 Å². The van der Waals surface area contributed by atoms with Gasteiger partial charge in [-0.25, -0.2) is 9.36 Å². The van der Waals surface area contributed by atoms with E-state index in [1.807, 2.05) is 0 Å². The third-order valence-corrected chi connectivity index (χ3v) is 11.1. The van der Waals surface area contributed by atoms with Crippen molar-refractivity contribution in [1.29, 1.82) is 0 Å². The van der Waals surface area contributed by atoms with Crippen LogP contribution >= 0.6 is 22.7 Å². The fourth-order valence-electron chi connectivity index (χ4n) is 6.30. The highest BCUT2D eigenvalue weighted by Gasteiger charge is 2.39. The molecule has 8 rings (SSSR count). The highest BCUT2D eigenvalue weighted by Crippen LogP contribution is 2.44. The van der Waals surface area contributed by atoms with Crippen LogP contribution < -0.4 is 0 Å². The van der Waals surface area contributed by atoms with Crippen molar-refractivity contribution in [2.24, 2.45) is 0 Å². The minimum atomic E-state index is -4.73. The van der Waals surface area contributed by atoms with Crippen LogP contribution in [0, 0.1) is 0 Å². The summed E-state index contributed by atoms with van der Waals surface area (Å²) in [6.07, 6.45) is -7.53. The number of hydrogen-bond acceptors (Lipinski definition) is 8. The fourth-order valence-corrected chi connectivity index (χ4v) is 8.62. The predicted molar refractivity (Wildman–Crippen MR) is 185 cm³/mol. The number of rotatable bonds is 4. The molecule has 53 heavy (non-hydrogen) atoms. The monoisotopic (exact) mass is 761 g/mol. The van der Waals surface area contributed by atoms with Gasteiger partial charge in [-0.05, 0) is 65.2 Å². The molecule has 0 amide bonds. The third kappa shape index (κ3) is 5.72. The lowest BCUT2D eigenvalue weighted by Gasteiger charge is -2.08. The number of aromatic nitrogens is 1. The molecule has 15 heteroatoms. The predicted octanol–water partition coefficient (Wildman–Crippen LogP) is 9.75. The standard InChI is InChI=1S/C38H17F6NO6S2/c39-37(40,41)18-6-8-22-24(10-18)30(46)32(48)26(22)12-20-14-28-34(52-20)35-29(45(28)36(50)51-16-17-4-2-1-3-5-17)15-21(53-35)13-27-23-9-7-19(38(42,43)44)11-25(23)31(47)33(27)49/h1-15H,16H2/b26-12-,27-13-. The van der Waals surface area contributed by atoms with Crippen molar-refractivity contribution in [2.45, 2.75) is 19.0 Å². The first-order valence-corrected chi connectivity index (χ1v) is 17.1. The number of ketones is 4. The minimum Gasteiger partial charge on any atom is -0.444 e. The number of thiophene rings is 2. The van der Waals surface area contributed by atoms with Crippen LogP contribution in [0.2, 0.25) is 0 Å². The maximum absolute atomic E-state index is 13.7. The van der Waals surface area contributed by atoms with Crippen molar-refractivity contribution in [3.63, 3.8) is 0 Å². The Morgan fingerprint density at radius 2 is 1.06 bits per heavy atom. The van der Waals surface area contributed by atoms with Crippen molar-refractivity contribution < 1.29 is 55.1 Å². The number of allylic oxidation sites excluding steroid dienone is 2. The molecule has 0 unspecified atom stereocenters. The fraction of sp³-hybridized carbons (Fsp3) is 0.0789. The van der Waals surface area contributed by atoms with E-state index in [2.05, 4.69) is 0 Å². The van der Waals surface area contributed by atoms with E-state index in [1.165, 1.54) is 16.7 Å². The molecule has 0 aliphatic heterocycles. The first-order chi connectivity index (χ1) is 25.1. The molecule has 2 aliphatic carbocycles. The first kappa shape index (κ1) is 34.2. The van der Waals surface area contributed by atoms with E-state index in [-0.39, 0.29) is 40.0 Å². The number of alkyl halides is 6. The average Bonchev–Trinajstić information content (AvgIpc) is 3.89. The van der Waals surface area contributed by atoms with Crippen molar-refractivity contribution in [3.8, 4) is 0 Å². The molecule has 0 radical (unpaired) electrons. The van der Waals surface area contributed by atoms with Crippen LogP contribution in [0.1, 0.15) is 58.3 Å². The van der Waals surface area contributed by atoms with Gasteiger partial charge in [0.15, 0.2) is 0 Å². The van der Waals surface area contributed by atoms with Crippen LogP contribution in [0.3, 0.4) is 0 Å². The highest BCUT2D eigenvalue weighted by molar-refractivity contribution is 7.28. The van der Waals surface area contributed by atoms with Crippen LogP contribution in [0.5, 0.6) is 0 Å². The number of fused-ring (bicyclic) bond motifs is 5. The smallest absolute Gasteiger partial charge is 0.419 e. The molecular formula is C38H17F6NO6S2. The molecule has 3 aromatic heterocycles. The van der Waals surface area contributed by atoms with Crippen molar-refractivity contribution in [3.05, 3.63) is 128 Å². The van der Waals surface area contributed by atoms with E-state index in [0.29, 0.717) is 47.9 Å². The maximum Gasteiger partial charge on any atom is 0.419 e. The van der Waals surface area contributed by atoms with Crippen LogP contribution in [0.4, 0.5) is 31.1 Å². The molecule has 0 atom stereocenters. The molecule has 0 fully saturated rings. The van der Waals surface area contributed by atoms with Crippen LogP contribution in [0.15, 0.2) is 78.9 Å². The van der Waals surface area contributed by atoms with Crippen molar-refractivity contribution in [2.75, 3.05) is 0 Å². The second-order valence-corrected chi connectivity index (χ2v) is 14.2. The Bertz CT molecular complexity index is 2540. The molecule has 0 spiro atoms. The number of hydrogen-bond donors (Lipinski definition) is 0. The number of halogens is 6. The quantitative estimate of drug-likeness (QED) is 0.101. The zero-order chi connectivity index (χ0) is 37.6. The first-order valence-electron chi connectivity index (χ1n) is 15.4. The second kappa shape index (κ2) is 12.1. The topological polar surface area (TPSA) is 99.5 Å². The van der Waals surface area contributed by atoms with Crippen molar-refractivity contribution in [1.82, 2.24) is 4.57 Å². The molecule has 0 saturated carbocycles.